The maximum Gasteiger partial charge on any atom is 0.324 e. The SMILES string of the molecule is CCCn1nc(C)c([N+](=O)[O-])c1Sc1cccc(O)c1. The summed E-state index contributed by atoms with van der Waals surface area (Å²) in [5.74, 6) is 0.135. The van der Waals surface area contributed by atoms with Gasteiger partial charge in [0.15, 0.2) is 5.03 Å². The molecule has 106 valence electrons. The average Bonchev–Trinajstić information content (AvgIpc) is 2.66. The van der Waals surface area contributed by atoms with Crippen LogP contribution in [0.5, 0.6) is 5.75 Å². The van der Waals surface area contributed by atoms with Crippen molar-refractivity contribution in [3.05, 3.63) is 40.1 Å². The smallest absolute Gasteiger partial charge is 0.324 e. The Bertz CT molecular complexity index is 640. The zero-order chi connectivity index (χ0) is 14.7. The summed E-state index contributed by atoms with van der Waals surface area (Å²) >= 11 is 1.24. The van der Waals surface area contributed by atoms with Crippen LogP contribution in [0.4, 0.5) is 5.69 Å². The van der Waals surface area contributed by atoms with Crippen LogP contribution in [0.3, 0.4) is 0 Å². The summed E-state index contributed by atoms with van der Waals surface area (Å²) in [6.45, 7) is 4.25. The molecule has 6 nitrogen and oxygen atoms in total. The van der Waals surface area contributed by atoms with Crippen molar-refractivity contribution in [2.24, 2.45) is 0 Å². The topological polar surface area (TPSA) is 81.2 Å². The van der Waals surface area contributed by atoms with Crippen LogP contribution in [-0.2, 0) is 6.54 Å². The van der Waals surface area contributed by atoms with E-state index in [0.717, 1.165) is 11.3 Å². The molecule has 0 bridgehead atoms. The van der Waals surface area contributed by atoms with Crippen molar-refractivity contribution in [1.82, 2.24) is 9.78 Å². The summed E-state index contributed by atoms with van der Waals surface area (Å²) in [5.41, 5.74) is 0.442. The molecule has 1 aromatic heterocycles. The van der Waals surface area contributed by atoms with Gasteiger partial charge in [0, 0.05) is 11.4 Å². The summed E-state index contributed by atoms with van der Waals surface area (Å²) in [5, 5.41) is 25.4. The van der Waals surface area contributed by atoms with Crippen LogP contribution in [0.15, 0.2) is 34.2 Å². The molecule has 20 heavy (non-hydrogen) atoms. The van der Waals surface area contributed by atoms with Crippen LogP contribution >= 0.6 is 11.8 Å². The third-order valence-electron chi connectivity index (χ3n) is 2.70. The monoisotopic (exact) mass is 293 g/mol. The lowest BCUT2D eigenvalue weighted by Crippen LogP contribution is -2.01. The van der Waals surface area contributed by atoms with Gasteiger partial charge in [-0.05, 0) is 31.5 Å². The van der Waals surface area contributed by atoms with Crippen molar-refractivity contribution < 1.29 is 10.0 Å². The van der Waals surface area contributed by atoms with Crippen LogP contribution in [-0.4, -0.2) is 19.8 Å². The molecule has 0 fully saturated rings. The van der Waals surface area contributed by atoms with Crippen LogP contribution in [0.1, 0.15) is 19.0 Å². The fourth-order valence-corrected chi connectivity index (χ4v) is 2.99. The summed E-state index contributed by atoms with van der Waals surface area (Å²) in [6, 6.07) is 6.64. The Kier molecular flexibility index (Phi) is 4.29. The normalized spacial score (nSPS) is 10.7. The van der Waals surface area contributed by atoms with E-state index in [2.05, 4.69) is 5.10 Å². The van der Waals surface area contributed by atoms with Gasteiger partial charge in [0.2, 0.25) is 0 Å². The molecule has 0 aliphatic rings. The first kappa shape index (κ1) is 14.4. The summed E-state index contributed by atoms with van der Waals surface area (Å²) in [6.07, 6.45) is 0.839. The van der Waals surface area contributed by atoms with E-state index < -0.39 is 4.92 Å². The zero-order valence-electron chi connectivity index (χ0n) is 11.2. The minimum atomic E-state index is -0.403. The Labute approximate surface area is 120 Å². The standard InChI is InChI=1S/C13H15N3O3S/c1-3-7-15-13(12(16(18)19)9(2)14-15)20-11-6-4-5-10(17)8-11/h4-6,8,17H,3,7H2,1-2H3. The van der Waals surface area contributed by atoms with Gasteiger partial charge < -0.3 is 5.11 Å². The van der Waals surface area contributed by atoms with Gasteiger partial charge in [-0.25, -0.2) is 0 Å². The molecule has 2 aromatic rings. The average molecular weight is 293 g/mol. The van der Waals surface area contributed by atoms with Gasteiger partial charge in [0.1, 0.15) is 11.4 Å². The number of hydrogen-bond donors (Lipinski definition) is 1. The van der Waals surface area contributed by atoms with Crippen LogP contribution < -0.4 is 0 Å². The van der Waals surface area contributed by atoms with E-state index in [1.54, 1.807) is 35.9 Å². The van der Waals surface area contributed by atoms with Crippen LogP contribution in [0, 0.1) is 17.0 Å². The molecule has 0 saturated heterocycles. The summed E-state index contributed by atoms with van der Waals surface area (Å²) in [7, 11) is 0. The minimum Gasteiger partial charge on any atom is -0.508 e. The Morgan fingerprint density at radius 1 is 1.50 bits per heavy atom. The second-order valence-corrected chi connectivity index (χ2v) is 5.38. The predicted octanol–water partition coefficient (Wildman–Crippen LogP) is 3.37. The molecule has 1 N–H and O–H groups in total. The minimum absolute atomic E-state index is 0.0341. The van der Waals surface area contributed by atoms with E-state index in [0.29, 0.717) is 17.3 Å². The van der Waals surface area contributed by atoms with E-state index in [1.807, 2.05) is 6.92 Å². The maximum atomic E-state index is 11.2. The number of nitrogens with zero attached hydrogens (tertiary/aromatic N) is 3. The molecule has 7 heteroatoms. The molecule has 0 amide bonds. The molecule has 0 aliphatic heterocycles. The highest BCUT2D eigenvalue weighted by molar-refractivity contribution is 7.99. The van der Waals surface area contributed by atoms with Crippen molar-refractivity contribution in [2.45, 2.75) is 36.7 Å². The lowest BCUT2D eigenvalue weighted by molar-refractivity contribution is -0.388. The number of aromatic nitrogens is 2. The number of hydrogen-bond acceptors (Lipinski definition) is 5. The number of phenolic OH excluding ortho intramolecular Hbond substituents is 1. The number of benzene rings is 1. The van der Waals surface area contributed by atoms with Crippen molar-refractivity contribution in [3.63, 3.8) is 0 Å². The number of aryl methyl sites for hydroxylation is 2. The van der Waals surface area contributed by atoms with E-state index in [9.17, 15) is 15.2 Å². The lowest BCUT2D eigenvalue weighted by Gasteiger charge is -2.05. The van der Waals surface area contributed by atoms with E-state index in [1.165, 1.54) is 11.8 Å². The van der Waals surface area contributed by atoms with Crippen LogP contribution in [0.25, 0.3) is 0 Å². The number of phenols is 1. The van der Waals surface area contributed by atoms with Crippen molar-refractivity contribution in [2.75, 3.05) is 0 Å². The van der Waals surface area contributed by atoms with Crippen LogP contribution in [0.2, 0.25) is 0 Å². The number of rotatable bonds is 5. The molecule has 0 saturated carbocycles. The third kappa shape index (κ3) is 2.93. The Balaban J connectivity index is 2.45. The van der Waals surface area contributed by atoms with Gasteiger partial charge in [-0.2, -0.15) is 5.10 Å². The molecule has 0 radical (unpaired) electrons. The largest absolute Gasteiger partial charge is 0.508 e. The lowest BCUT2D eigenvalue weighted by atomic mass is 10.3. The molecule has 1 heterocycles. The van der Waals surface area contributed by atoms with Gasteiger partial charge in [-0.1, -0.05) is 24.8 Å². The fourth-order valence-electron chi connectivity index (χ4n) is 1.88. The zero-order valence-corrected chi connectivity index (χ0v) is 12.1. The van der Waals surface area contributed by atoms with E-state index >= 15 is 0 Å². The Morgan fingerprint density at radius 2 is 2.25 bits per heavy atom. The molecule has 0 unspecified atom stereocenters. The van der Waals surface area contributed by atoms with Gasteiger partial charge in [-0.15, -0.1) is 0 Å². The highest BCUT2D eigenvalue weighted by atomic mass is 32.2. The second kappa shape index (κ2) is 5.96. The number of aromatic hydroxyl groups is 1. The van der Waals surface area contributed by atoms with Gasteiger partial charge in [0.05, 0.1) is 4.92 Å². The second-order valence-electron chi connectivity index (χ2n) is 4.32. The fraction of sp³-hybridized carbons (Fsp3) is 0.308. The molecular formula is C13H15N3O3S. The Morgan fingerprint density at radius 3 is 2.85 bits per heavy atom. The van der Waals surface area contributed by atoms with Crippen molar-refractivity contribution in [3.8, 4) is 5.75 Å². The van der Waals surface area contributed by atoms with E-state index in [4.69, 9.17) is 0 Å². The highest BCUT2D eigenvalue weighted by Gasteiger charge is 2.25. The molecule has 2 rings (SSSR count). The molecule has 0 atom stereocenters. The molecule has 0 spiro atoms. The van der Waals surface area contributed by atoms with Gasteiger partial charge >= 0.3 is 5.69 Å². The van der Waals surface area contributed by atoms with Gasteiger partial charge in [-0.3, -0.25) is 14.8 Å². The van der Waals surface area contributed by atoms with E-state index in [-0.39, 0.29) is 11.4 Å². The predicted molar refractivity (Wildman–Crippen MR) is 76.1 cm³/mol. The van der Waals surface area contributed by atoms with Gasteiger partial charge in [0.25, 0.3) is 0 Å². The quantitative estimate of drug-likeness (QED) is 0.675. The van der Waals surface area contributed by atoms with Crippen molar-refractivity contribution in [1.29, 1.82) is 0 Å². The number of nitro groups is 1. The molecular weight excluding hydrogens is 278 g/mol. The maximum absolute atomic E-state index is 11.2. The first-order chi connectivity index (χ1) is 9.52. The Hall–Kier alpha value is -2.02. The first-order valence-corrected chi connectivity index (χ1v) is 7.03. The summed E-state index contributed by atoms with van der Waals surface area (Å²) in [4.78, 5) is 11.5. The summed E-state index contributed by atoms with van der Waals surface area (Å²) < 4.78 is 1.65. The molecule has 1 aromatic carbocycles. The third-order valence-corrected chi connectivity index (χ3v) is 3.79. The highest BCUT2D eigenvalue weighted by Crippen LogP contribution is 2.37. The van der Waals surface area contributed by atoms with Crippen molar-refractivity contribution >= 4 is 17.4 Å². The first-order valence-electron chi connectivity index (χ1n) is 6.21. The molecule has 0 aliphatic carbocycles.